The molecule has 1 aromatic heterocycles. The first-order valence-electron chi connectivity index (χ1n) is 13.0. The molecule has 0 saturated heterocycles. The minimum Gasteiger partial charge on any atom is -0.480 e. The van der Waals surface area contributed by atoms with E-state index in [1.54, 1.807) is 6.07 Å². The molecule has 1 atom stereocenters. The molecule has 2 aromatic carbocycles. The van der Waals surface area contributed by atoms with Gasteiger partial charge in [-0.2, -0.15) is 5.10 Å². The number of aliphatic hydroxyl groups is 2. The Labute approximate surface area is 220 Å². The molecule has 1 aliphatic rings. The van der Waals surface area contributed by atoms with Crippen molar-refractivity contribution in [2.75, 3.05) is 19.8 Å². The Morgan fingerprint density at radius 2 is 1.74 bits per heavy atom. The predicted octanol–water partition coefficient (Wildman–Crippen LogP) is 4.69. The van der Waals surface area contributed by atoms with Crippen molar-refractivity contribution in [3.63, 3.8) is 0 Å². The average Bonchev–Trinajstić information content (AvgIpc) is 3.28. The van der Waals surface area contributed by atoms with E-state index < -0.39 is 23.7 Å². The largest absolute Gasteiger partial charge is 0.480 e. The summed E-state index contributed by atoms with van der Waals surface area (Å²) in [6.07, 6.45) is 3.46. The van der Waals surface area contributed by atoms with Gasteiger partial charge in [-0.3, -0.25) is 4.68 Å². The highest BCUT2D eigenvalue weighted by atomic mass is 19.2. The fraction of sp³-hybridized carbons (Fsp3) is 0.448. The van der Waals surface area contributed by atoms with Crippen LogP contribution in [0.25, 0.3) is 22.4 Å². The van der Waals surface area contributed by atoms with Crippen molar-refractivity contribution in [1.29, 1.82) is 0 Å². The van der Waals surface area contributed by atoms with Gasteiger partial charge in [-0.1, -0.05) is 36.4 Å². The molecule has 0 amide bonds. The molecular weight excluding hydrogens is 494 g/mol. The van der Waals surface area contributed by atoms with Crippen LogP contribution in [0.15, 0.2) is 48.5 Å². The third kappa shape index (κ3) is 7.03. The van der Waals surface area contributed by atoms with E-state index in [-0.39, 0.29) is 19.6 Å². The smallest absolute Gasteiger partial charge is 0.329 e. The van der Waals surface area contributed by atoms with Crippen LogP contribution in [0.2, 0.25) is 0 Å². The standard InChI is InChI=1S/C29H34F2N2O5/c30-24-12-10-22(14-25(24)31)28-26(13-11-23(35)16-34)32-33(29(28)21-4-2-1-3-5-21)15-19-6-8-20(9-7-19)17-38-18-27(36)37/h1-5,10,12,14,19-20,23,34-35H,6-9,11,13,15-18H2,(H,36,37)/t19?,20?,23-/m0/s1. The first kappa shape index (κ1) is 27.9. The first-order chi connectivity index (χ1) is 18.4. The van der Waals surface area contributed by atoms with Crippen LogP contribution in [-0.2, 0) is 22.5 Å². The molecule has 1 heterocycles. The van der Waals surface area contributed by atoms with Gasteiger partial charge in [-0.15, -0.1) is 0 Å². The fourth-order valence-corrected chi connectivity index (χ4v) is 5.20. The minimum absolute atomic E-state index is 0.278. The second-order valence-electron chi connectivity index (χ2n) is 10.0. The van der Waals surface area contributed by atoms with E-state index in [2.05, 4.69) is 0 Å². The summed E-state index contributed by atoms with van der Waals surface area (Å²) in [5.74, 6) is -2.18. The van der Waals surface area contributed by atoms with E-state index in [0.717, 1.165) is 43.0 Å². The Hall–Kier alpha value is -3.14. The van der Waals surface area contributed by atoms with Gasteiger partial charge in [-0.05, 0) is 68.1 Å². The van der Waals surface area contributed by atoms with Crippen LogP contribution in [0.1, 0.15) is 37.8 Å². The number of aryl methyl sites for hydroxylation is 1. The molecule has 1 fully saturated rings. The van der Waals surface area contributed by atoms with Crippen molar-refractivity contribution in [2.24, 2.45) is 11.8 Å². The number of carbonyl (C=O) groups is 1. The molecule has 4 rings (SSSR count). The van der Waals surface area contributed by atoms with Crippen molar-refractivity contribution >= 4 is 5.97 Å². The van der Waals surface area contributed by atoms with Crippen LogP contribution in [0.5, 0.6) is 0 Å². The molecule has 0 bridgehead atoms. The zero-order chi connectivity index (χ0) is 27.1. The second-order valence-corrected chi connectivity index (χ2v) is 10.0. The summed E-state index contributed by atoms with van der Waals surface area (Å²) in [4.78, 5) is 10.7. The Balaban J connectivity index is 1.65. The Morgan fingerprint density at radius 3 is 2.39 bits per heavy atom. The number of carboxylic acid groups (broad SMARTS) is 1. The number of nitrogens with zero attached hydrogens (tertiary/aromatic N) is 2. The molecule has 1 aliphatic carbocycles. The van der Waals surface area contributed by atoms with E-state index >= 15 is 0 Å². The van der Waals surface area contributed by atoms with E-state index in [4.69, 9.17) is 14.9 Å². The highest BCUT2D eigenvalue weighted by molar-refractivity contribution is 5.83. The number of ether oxygens (including phenoxy) is 1. The van der Waals surface area contributed by atoms with Crippen molar-refractivity contribution in [1.82, 2.24) is 9.78 Å². The van der Waals surface area contributed by atoms with Gasteiger partial charge in [0.05, 0.1) is 30.7 Å². The van der Waals surface area contributed by atoms with E-state index in [1.165, 1.54) is 6.07 Å². The van der Waals surface area contributed by atoms with Crippen molar-refractivity contribution in [3.8, 4) is 22.4 Å². The fourth-order valence-electron chi connectivity index (χ4n) is 5.20. The molecular formula is C29H34F2N2O5. The summed E-state index contributed by atoms with van der Waals surface area (Å²) in [7, 11) is 0. The minimum atomic E-state index is -0.968. The third-order valence-corrected chi connectivity index (χ3v) is 7.18. The molecule has 3 N–H and O–H groups in total. The quantitative estimate of drug-likeness (QED) is 0.315. The molecule has 0 aliphatic heterocycles. The Morgan fingerprint density at radius 1 is 1.03 bits per heavy atom. The summed E-state index contributed by atoms with van der Waals surface area (Å²) in [5, 5.41) is 33.0. The number of carboxylic acids is 1. The SMILES string of the molecule is O=C(O)COCC1CCC(Cn2nc(CC[C@H](O)CO)c(-c3ccc(F)c(F)c3)c2-c2ccccc2)CC1. The van der Waals surface area contributed by atoms with Gasteiger partial charge < -0.3 is 20.1 Å². The lowest BCUT2D eigenvalue weighted by Crippen LogP contribution is -2.23. The van der Waals surface area contributed by atoms with Crippen LogP contribution >= 0.6 is 0 Å². The first-order valence-corrected chi connectivity index (χ1v) is 13.0. The molecule has 7 nitrogen and oxygen atoms in total. The topological polar surface area (TPSA) is 105 Å². The third-order valence-electron chi connectivity index (χ3n) is 7.18. The lowest BCUT2D eigenvalue weighted by Gasteiger charge is -2.28. The van der Waals surface area contributed by atoms with Crippen molar-refractivity contribution in [2.45, 2.75) is 51.2 Å². The molecule has 1 saturated carbocycles. The van der Waals surface area contributed by atoms with E-state index in [9.17, 15) is 23.8 Å². The maximum Gasteiger partial charge on any atom is 0.329 e. The molecule has 0 unspecified atom stereocenters. The highest BCUT2D eigenvalue weighted by Crippen LogP contribution is 2.38. The van der Waals surface area contributed by atoms with Crippen LogP contribution in [-0.4, -0.2) is 57.0 Å². The number of halogens is 2. The average molecular weight is 529 g/mol. The zero-order valence-electron chi connectivity index (χ0n) is 21.2. The number of aromatic nitrogens is 2. The van der Waals surface area contributed by atoms with Gasteiger partial charge in [0.15, 0.2) is 11.6 Å². The van der Waals surface area contributed by atoms with Crippen molar-refractivity contribution < 1.29 is 33.6 Å². The van der Waals surface area contributed by atoms with Gasteiger partial charge in [0.25, 0.3) is 0 Å². The second kappa shape index (κ2) is 13.1. The zero-order valence-corrected chi connectivity index (χ0v) is 21.2. The van der Waals surface area contributed by atoms with Crippen LogP contribution in [0, 0.1) is 23.5 Å². The number of hydrogen-bond acceptors (Lipinski definition) is 5. The number of hydrogen-bond donors (Lipinski definition) is 3. The Kier molecular flexibility index (Phi) is 9.60. The molecule has 38 heavy (non-hydrogen) atoms. The maximum absolute atomic E-state index is 14.3. The molecule has 0 spiro atoms. The molecule has 9 heteroatoms. The molecule has 3 aromatic rings. The monoisotopic (exact) mass is 528 g/mol. The van der Waals surface area contributed by atoms with Crippen molar-refractivity contribution in [3.05, 3.63) is 65.9 Å². The van der Waals surface area contributed by atoms with E-state index in [1.807, 2.05) is 35.0 Å². The maximum atomic E-state index is 14.3. The number of rotatable bonds is 12. The van der Waals surface area contributed by atoms with Gasteiger partial charge >= 0.3 is 5.97 Å². The van der Waals surface area contributed by atoms with Gasteiger partial charge in [0, 0.05) is 17.7 Å². The lowest BCUT2D eigenvalue weighted by atomic mass is 9.82. The lowest BCUT2D eigenvalue weighted by molar-refractivity contribution is -0.142. The number of aliphatic carboxylic acids is 1. The summed E-state index contributed by atoms with van der Waals surface area (Å²) in [6, 6.07) is 13.5. The number of aliphatic hydroxyl groups excluding tert-OH is 2. The van der Waals surface area contributed by atoms with E-state index in [0.29, 0.717) is 48.2 Å². The van der Waals surface area contributed by atoms with Crippen LogP contribution < -0.4 is 0 Å². The van der Waals surface area contributed by atoms with Gasteiger partial charge in [-0.25, -0.2) is 13.6 Å². The van der Waals surface area contributed by atoms with Gasteiger partial charge in [0.2, 0.25) is 0 Å². The highest BCUT2D eigenvalue weighted by Gasteiger charge is 2.27. The summed E-state index contributed by atoms with van der Waals surface area (Å²) >= 11 is 0. The van der Waals surface area contributed by atoms with Crippen LogP contribution in [0.3, 0.4) is 0 Å². The predicted molar refractivity (Wildman–Crippen MR) is 138 cm³/mol. The summed E-state index contributed by atoms with van der Waals surface area (Å²) in [5.41, 5.74) is 3.54. The normalized spacial score (nSPS) is 18.4. The van der Waals surface area contributed by atoms with Gasteiger partial charge in [0.1, 0.15) is 6.61 Å². The molecule has 0 radical (unpaired) electrons. The van der Waals surface area contributed by atoms with Crippen LogP contribution in [0.4, 0.5) is 8.78 Å². The summed E-state index contributed by atoms with van der Waals surface area (Å²) < 4.78 is 35.4. The molecule has 204 valence electrons. The Bertz CT molecular complexity index is 1210. The number of benzene rings is 2. The summed E-state index contributed by atoms with van der Waals surface area (Å²) in [6.45, 7) is 0.417.